The van der Waals surface area contributed by atoms with Gasteiger partial charge in [-0.1, -0.05) is 50.2 Å². The number of nitrogens with zero attached hydrogens (tertiary/aromatic N) is 2. The van der Waals surface area contributed by atoms with Crippen LogP contribution in [0, 0.1) is 19.7 Å². The van der Waals surface area contributed by atoms with E-state index in [-0.39, 0.29) is 5.69 Å². The first kappa shape index (κ1) is 17.1. The molecule has 0 spiro atoms. The maximum Gasteiger partial charge on any atom is 0.227 e. The summed E-state index contributed by atoms with van der Waals surface area (Å²) in [6, 6.07) is 20.6. The molecule has 3 heterocycles. The molecule has 32 heavy (non-hydrogen) atoms. The molecule has 3 nitrogen and oxygen atoms in total. The number of hydrogen-bond acceptors (Lipinski definition) is 2. The molecule has 0 aliphatic carbocycles. The molecule has 5 rings (SSSR count). The van der Waals surface area contributed by atoms with E-state index in [0.29, 0.717) is 11.6 Å². The Hall–Kier alpha value is -3.46. The lowest BCUT2D eigenvalue weighted by atomic mass is 9.96. The summed E-state index contributed by atoms with van der Waals surface area (Å²) < 4.78 is 31.4. The second-order valence-corrected chi connectivity index (χ2v) is 8.99. The molecule has 0 unspecified atom stereocenters. The topological polar surface area (TPSA) is 29.9 Å². The van der Waals surface area contributed by atoms with Gasteiger partial charge in [-0.3, -0.25) is 0 Å². The largest absolute Gasteiger partial charge is 0.437 e. The number of benzene rings is 2. The van der Waals surface area contributed by atoms with Crippen molar-refractivity contribution in [2.75, 3.05) is 0 Å². The summed E-state index contributed by atoms with van der Waals surface area (Å²) in [6.07, 6.45) is 3.14. The van der Waals surface area contributed by atoms with Crippen molar-refractivity contribution in [1.82, 2.24) is 4.98 Å². The van der Waals surface area contributed by atoms with E-state index in [2.05, 4.69) is 79.0 Å². The highest BCUT2D eigenvalue weighted by molar-refractivity contribution is 6.08. The number of pyridine rings is 2. The van der Waals surface area contributed by atoms with E-state index >= 15 is 0 Å². The van der Waals surface area contributed by atoms with Gasteiger partial charge in [0.15, 0.2) is 11.8 Å². The monoisotopic (exact) mass is 424 g/mol. The molecule has 3 aromatic heterocycles. The third-order valence-electron chi connectivity index (χ3n) is 6.05. The molecular formula is C29H29N2O+. The van der Waals surface area contributed by atoms with Gasteiger partial charge in [0.1, 0.15) is 7.05 Å². The van der Waals surface area contributed by atoms with Gasteiger partial charge in [-0.05, 0) is 60.5 Å². The van der Waals surface area contributed by atoms with E-state index in [0.717, 1.165) is 50.7 Å². The Morgan fingerprint density at radius 1 is 0.969 bits per heavy atom. The van der Waals surface area contributed by atoms with Crippen LogP contribution in [0.1, 0.15) is 34.8 Å². The molecule has 160 valence electrons. The lowest BCUT2D eigenvalue weighted by Gasteiger charge is -2.09. The quantitative estimate of drug-likeness (QED) is 0.292. The van der Waals surface area contributed by atoms with Crippen LogP contribution in [0.5, 0.6) is 0 Å². The molecule has 0 amide bonds. The minimum Gasteiger partial charge on any atom is -0.437 e. The number of rotatable bonds is 4. The number of hydrogen-bond donors (Lipinski definition) is 0. The Morgan fingerprint density at radius 2 is 1.75 bits per heavy atom. The van der Waals surface area contributed by atoms with Crippen LogP contribution < -0.4 is 4.57 Å². The first-order chi connectivity index (χ1) is 16.6. The average molecular weight is 425 g/mol. The van der Waals surface area contributed by atoms with Gasteiger partial charge in [-0.2, -0.15) is 0 Å². The van der Waals surface area contributed by atoms with Crippen molar-refractivity contribution < 1.29 is 13.1 Å². The zero-order valence-electron chi connectivity index (χ0n) is 21.9. The molecule has 0 fully saturated rings. The zero-order valence-corrected chi connectivity index (χ0v) is 18.9. The van der Waals surface area contributed by atoms with Crippen molar-refractivity contribution in [1.29, 1.82) is 0 Å². The van der Waals surface area contributed by atoms with Crippen LogP contribution >= 0.6 is 0 Å². The lowest BCUT2D eigenvalue weighted by Crippen LogP contribution is -2.30. The Balaban J connectivity index is 1.66. The highest BCUT2D eigenvalue weighted by Crippen LogP contribution is 2.37. The molecule has 0 aliphatic rings. The maximum atomic E-state index is 7.70. The van der Waals surface area contributed by atoms with Gasteiger partial charge in [-0.15, -0.1) is 0 Å². The summed E-state index contributed by atoms with van der Waals surface area (Å²) in [6.45, 7) is 4.25. The average Bonchev–Trinajstić information content (AvgIpc) is 3.17. The van der Waals surface area contributed by atoms with E-state index in [1.807, 2.05) is 13.1 Å². The van der Waals surface area contributed by atoms with Crippen LogP contribution in [0.2, 0.25) is 0 Å². The van der Waals surface area contributed by atoms with Crippen molar-refractivity contribution >= 4 is 22.1 Å². The van der Waals surface area contributed by atoms with E-state index in [1.165, 1.54) is 5.56 Å². The van der Waals surface area contributed by atoms with Crippen LogP contribution in [0.4, 0.5) is 0 Å². The van der Waals surface area contributed by atoms with Gasteiger partial charge in [0.2, 0.25) is 11.4 Å². The number of fused-ring (bicyclic) bond motifs is 3. The van der Waals surface area contributed by atoms with Gasteiger partial charge in [0.05, 0.1) is 5.56 Å². The van der Waals surface area contributed by atoms with Crippen LogP contribution in [0.15, 0.2) is 71.3 Å². The first-order valence-corrected chi connectivity index (χ1v) is 11.0. The zero-order chi connectivity index (χ0) is 24.9. The van der Waals surface area contributed by atoms with Crippen molar-refractivity contribution in [2.24, 2.45) is 13.0 Å². The van der Waals surface area contributed by atoms with Crippen molar-refractivity contribution in [3.8, 4) is 22.4 Å². The smallest absolute Gasteiger partial charge is 0.227 e. The van der Waals surface area contributed by atoms with Crippen LogP contribution in [0.25, 0.3) is 44.5 Å². The Bertz CT molecular complexity index is 1550. The van der Waals surface area contributed by atoms with Gasteiger partial charge >= 0.3 is 0 Å². The van der Waals surface area contributed by atoms with Gasteiger partial charge in [0, 0.05) is 32.7 Å². The Labute approximate surface area is 193 Å². The highest BCUT2D eigenvalue weighted by Gasteiger charge is 2.21. The molecule has 2 aromatic carbocycles. The van der Waals surface area contributed by atoms with Crippen molar-refractivity contribution in [3.63, 3.8) is 0 Å². The summed E-state index contributed by atoms with van der Waals surface area (Å²) >= 11 is 0. The molecule has 0 saturated carbocycles. The van der Waals surface area contributed by atoms with Gasteiger partial charge in [-0.25, -0.2) is 9.55 Å². The van der Waals surface area contributed by atoms with Crippen molar-refractivity contribution in [3.05, 3.63) is 83.7 Å². The third kappa shape index (κ3) is 3.58. The van der Waals surface area contributed by atoms with Crippen LogP contribution in [-0.2, 0) is 13.5 Å². The van der Waals surface area contributed by atoms with Gasteiger partial charge < -0.3 is 4.42 Å². The standard InChI is InChI=1S/C29H29N2O/c1-18(2)16-21-8-10-22(11-9-21)23-14-15-31(5)26(17-23)27-19(3)6-12-24-25-13-7-20(4)30-29(25)32-28(24)27/h6-15,17-18H,16H2,1-5H3/q+1/i4D3. The van der Waals surface area contributed by atoms with Gasteiger partial charge in [0.25, 0.3) is 0 Å². The molecule has 3 heteroatoms. The van der Waals surface area contributed by atoms with Crippen molar-refractivity contribution in [2.45, 2.75) is 34.0 Å². The maximum absolute atomic E-state index is 7.70. The third-order valence-corrected chi connectivity index (χ3v) is 6.05. The van der Waals surface area contributed by atoms with E-state index in [1.54, 1.807) is 12.1 Å². The predicted molar refractivity (Wildman–Crippen MR) is 132 cm³/mol. The SMILES string of the molecule is [2H]C([2H])([2H])c1ccc2c(n1)oc1c(-c3cc(-c4ccc(CC(C)C)cc4)cc[n+]3C)c(C)ccc12. The fourth-order valence-electron chi connectivity index (χ4n) is 4.44. The molecule has 0 bridgehead atoms. The normalized spacial score (nSPS) is 13.5. The Morgan fingerprint density at radius 3 is 2.50 bits per heavy atom. The molecule has 5 aromatic rings. The fourth-order valence-corrected chi connectivity index (χ4v) is 4.44. The molecule has 0 saturated heterocycles. The minimum atomic E-state index is -2.28. The summed E-state index contributed by atoms with van der Waals surface area (Å²) in [5.74, 6) is 0.626. The predicted octanol–water partition coefficient (Wildman–Crippen LogP) is 6.95. The first-order valence-electron chi connectivity index (χ1n) is 12.5. The minimum absolute atomic E-state index is 0.0378. The number of aromatic nitrogens is 2. The van der Waals surface area contributed by atoms with E-state index in [4.69, 9.17) is 8.53 Å². The van der Waals surface area contributed by atoms with E-state index < -0.39 is 6.85 Å². The summed E-state index contributed by atoms with van der Waals surface area (Å²) in [5, 5.41) is 1.74. The summed E-state index contributed by atoms with van der Waals surface area (Å²) in [4.78, 5) is 4.33. The number of furan rings is 1. The van der Waals surface area contributed by atoms with Crippen LogP contribution in [-0.4, -0.2) is 4.98 Å². The molecule has 0 aliphatic heterocycles. The molecule has 0 atom stereocenters. The molecular weight excluding hydrogens is 392 g/mol. The lowest BCUT2D eigenvalue weighted by molar-refractivity contribution is -0.660. The summed E-state index contributed by atoms with van der Waals surface area (Å²) in [7, 11) is 2.02. The number of aryl methyl sites for hydroxylation is 3. The molecule has 0 radical (unpaired) electrons. The van der Waals surface area contributed by atoms with Crippen LogP contribution in [0.3, 0.4) is 0 Å². The Kier molecular flexibility index (Phi) is 4.23. The fraction of sp³-hybridized carbons (Fsp3) is 0.241. The highest BCUT2D eigenvalue weighted by atomic mass is 16.3. The second-order valence-electron chi connectivity index (χ2n) is 8.99. The van der Waals surface area contributed by atoms with E-state index in [9.17, 15) is 0 Å². The summed E-state index contributed by atoms with van der Waals surface area (Å²) in [5.41, 5.74) is 7.82. The molecule has 0 N–H and O–H groups in total. The second kappa shape index (κ2) is 7.90.